The standard InChI is InChI=1S/C8H8N2O/c1-11-8-4-2-7(3-5-8)6-10-9/h2-6H,1H3. The van der Waals surface area contributed by atoms with Gasteiger partial charge in [0.05, 0.1) is 12.7 Å². The quantitative estimate of drug-likeness (QED) is 0.354. The summed E-state index contributed by atoms with van der Waals surface area (Å²) in [7, 11) is 1.61. The van der Waals surface area contributed by atoms with Crippen LogP contribution in [-0.4, -0.2) is 18.1 Å². The Kier molecular flexibility index (Phi) is 2.42. The van der Waals surface area contributed by atoms with Crippen LogP contribution in [0.4, 0.5) is 0 Å². The van der Waals surface area contributed by atoms with Gasteiger partial charge in [-0.05, 0) is 24.3 Å². The minimum atomic E-state index is 0.792. The normalized spacial score (nSPS) is 8.45. The largest absolute Gasteiger partial charge is 0.497 e. The van der Waals surface area contributed by atoms with Gasteiger partial charge in [0.1, 0.15) is 5.75 Å². The maximum absolute atomic E-state index is 8.18. The van der Waals surface area contributed by atoms with E-state index in [1.54, 1.807) is 31.4 Å². The van der Waals surface area contributed by atoms with Gasteiger partial charge >= 0.3 is 0 Å². The first-order valence-corrected chi connectivity index (χ1v) is 3.18. The van der Waals surface area contributed by atoms with Crippen molar-refractivity contribution in [3.8, 4) is 5.75 Å². The van der Waals surface area contributed by atoms with Crippen molar-refractivity contribution in [1.82, 2.24) is 0 Å². The third-order valence-electron chi connectivity index (χ3n) is 1.32. The van der Waals surface area contributed by atoms with Gasteiger partial charge in [0.25, 0.3) is 6.21 Å². The Labute approximate surface area is 64.9 Å². The van der Waals surface area contributed by atoms with Gasteiger partial charge in [0.15, 0.2) is 0 Å². The summed E-state index contributed by atoms with van der Waals surface area (Å²) in [6, 6.07) is 7.21. The van der Waals surface area contributed by atoms with Gasteiger partial charge in [-0.15, -0.1) is 0 Å². The lowest BCUT2D eigenvalue weighted by Crippen LogP contribution is -1.84. The van der Waals surface area contributed by atoms with Crippen molar-refractivity contribution < 1.29 is 9.53 Å². The number of hydrogen-bond acceptors (Lipinski definition) is 1. The molecule has 0 N–H and O–H groups in total. The Balaban J connectivity index is 2.91. The Hall–Kier alpha value is -1.60. The van der Waals surface area contributed by atoms with E-state index in [1.807, 2.05) is 0 Å². The van der Waals surface area contributed by atoms with E-state index in [2.05, 4.69) is 4.79 Å². The highest BCUT2D eigenvalue weighted by Crippen LogP contribution is 2.09. The molecule has 0 radical (unpaired) electrons. The molecule has 1 aromatic rings. The molecule has 11 heavy (non-hydrogen) atoms. The van der Waals surface area contributed by atoms with Crippen LogP contribution in [0.2, 0.25) is 0 Å². The number of rotatable bonds is 2. The summed E-state index contributed by atoms with van der Waals surface area (Å²) in [5.74, 6) is 0.792. The molecule has 3 nitrogen and oxygen atoms in total. The van der Waals surface area contributed by atoms with Gasteiger partial charge in [-0.1, -0.05) is 0 Å². The molecule has 0 amide bonds. The minimum Gasteiger partial charge on any atom is -0.497 e. The van der Waals surface area contributed by atoms with Crippen molar-refractivity contribution in [3.05, 3.63) is 35.4 Å². The van der Waals surface area contributed by atoms with Crippen molar-refractivity contribution in [3.63, 3.8) is 0 Å². The summed E-state index contributed by atoms with van der Waals surface area (Å²) in [4.78, 5) is 2.90. The van der Waals surface area contributed by atoms with E-state index in [0.29, 0.717) is 0 Å². The summed E-state index contributed by atoms with van der Waals surface area (Å²) in [6.07, 6.45) is 1.36. The number of methoxy groups -OCH3 is 1. The summed E-state index contributed by atoms with van der Waals surface area (Å²) < 4.78 is 4.94. The van der Waals surface area contributed by atoms with E-state index >= 15 is 0 Å². The van der Waals surface area contributed by atoms with E-state index < -0.39 is 0 Å². The third kappa shape index (κ3) is 1.92. The maximum Gasteiger partial charge on any atom is 0.287 e. The van der Waals surface area contributed by atoms with Gasteiger partial charge in [0.2, 0.25) is 0 Å². The molecular weight excluding hydrogens is 140 g/mol. The SMILES string of the molecule is COc1ccc(C=[N+]=[N-])cc1. The highest BCUT2D eigenvalue weighted by atomic mass is 16.5. The van der Waals surface area contributed by atoms with Gasteiger partial charge in [-0.25, -0.2) is 0 Å². The number of hydrogen-bond donors (Lipinski definition) is 0. The lowest BCUT2D eigenvalue weighted by molar-refractivity contribution is 0.00456. The second kappa shape index (κ2) is 3.54. The fourth-order valence-electron chi connectivity index (χ4n) is 0.757. The summed E-state index contributed by atoms with van der Waals surface area (Å²) in [6.45, 7) is 0. The molecule has 0 aliphatic heterocycles. The van der Waals surface area contributed by atoms with Crippen molar-refractivity contribution in [2.24, 2.45) is 0 Å². The molecule has 56 valence electrons. The smallest absolute Gasteiger partial charge is 0.287 e. The highest BCUT2D eigenvalue weighted by Gasteiger charge is 1.92. The van der Waals surface area contributed by atoms with Crippen LogP contribution >= 0.6 is 0 Å². The van der Waals surface area contributed by atoms with Crippen LogP contribution in [-0.2, 0) is 0 Å². The van der Waals surface area contributed by atoms with E-state index in [4.69, 9.17) is 10.3 Å². The predicted octanol–water partition coefficient (Wildman–Crippen LogP) is 1.34. The van der Waals surface area contributed by atoms with Crippen molar-refractivity contribution in [1.29, 1.82) is 0 Å². The van der Waals surface area contributed by atoms with Crippen LogP contribution in [0, 0.1) is 0 Å². The Morgan fingerprint density at radius 3 is 2.45 bits per heavy atom. The Morgan fingerprint density at radius 1 is 1.36 bits per heavy atom. The van der Waals surface area contributed by atoms with Crippen LogP contribution in [0.5, 0.6) is 5.75 Å². The lowest BCUT2D eigenvalue weighted by atomic mass is 10.2. The average Bonchev–Trinajstić information content (AvgIpc) is 2.07. The second-order valence-electron chi connectivity index (χ2n) is 2.02. The zero-order chi connectivity index (χ0) is 8.10. The number of ether oxygens (including phenoxy) is 1. The van der Waals surface area contributed by atoms with E-state index in [0.717, 1.165) is 11.3 Å². The first kappa shape index (κ1) is 7.51. The third-order valence-corrected chi connectivity index (χ3v) is 1.32. The lowest BCUT2D eigenvalue weighted by Gasteiger charge is -1.96. The molecule has 0 spiro atoms. The zero-order valence-electron chi connectivity index (χ0n) is 6.19. The summed E-state index contributed by atoms with van der Waals surface area (Å²) >= 11 is 0. The monoisotopic (exact) mass is 148 g/mol. The van der Waals surface area contributed by atoms with E-state index in [1.165, 1.54) is 6.21 Å². The van der Waals surface area contributed by atoms with Crippen LogP contribution in [0.25, 0.3) is 5.53 Å². The molecule has 1 aromatic carbocycles. The topological polar surface area (TPSA) is 45.6 Å². The van der Waals surface area contributed by atoms with Crippen molar-refractivity contribution >= 4 is 6.21 Å². The predicted molar refractivity (Wildman–Crippen MR) is 41.8 cm³/mol. The second-order valence-corrected chi connectivity index (χ2v) is 2.02. The van der Waals surface area contributed by atoms with Crippen LogP contribution in [0.3, 0.4) is 0 Å². The molecule has 3 heteroatoms. The fraction of sp³-hybridized carbons (Fsp3) is 0.125. The van der Waals surface area contributed by atoms with Gasteiger partial charge in [-0.2, -0.15) is 4.79 Å². The number of benzene rings is 1. The molecule has 0 unspecified atom stereocenters. The molecule has 0 aliphatic carbocycles. The molecule has 0 saturated heterocycles. The number of nitrogens with zero attached hydrogens (tertiary/aromatic N) is 2. The van der Waals surface area contributed by atoms with Gasteiger partial charge < -0.3 is 10.3 Å². The summed E-state index contributed by atoms with van der Waals surface area (Å²) in [5, 5.41) is 0. The fourth-order valence-corrected chi connectivity index (χ4v) is 0.757. The first-order valence-electron chi connectivity index (χ1n) is 3.18. The minimum absolute atomic E-state index is 0.792. The molecule has 0 aromatic heterocycles. The molecular formula is C8H8N2O. The average molecular weight is 148 g/mol. The maximum atomic E-state index is 8.18. The first-order chi connectivity index (χ1) is 5.36. The zero-order valence-corrected chi connectivity index (χ0v) is 6.19. The van der Waals surface area contributed by atoms with Crippen LogP contribution in [0.15, 0.2) is 24.3 Å². The van der Waals surface area contributed by atoms with Crippen LogP contribution < -0.4 is 4.74 Å². The molecule has 0 bridgehead atoms. The molecule has 0 atom stereocenters. The highest BCUT2D eigenvalue weighted by molar-refractivity contribution is 5.75. The Morgan fingerprint density at radius 2 is 2.00 bits per heavy atom. The van der Waals surface area contributed by atoms with Crippen molar-refractivity contribution in [2.75, 3.05) is 7.11 Å². The van der Waals surface area contributed by atoms with Gasteiger partial charge in [0, 0.05) is 0 Å². The summed E-state index contributed by atoms with van der Waals surface area (Å²) in [5.41, 5.74) is 9.03. The van der Waals surface area contributed by atoms with E-state index in [-0.39, 0.29) is 0 Å². The van der Waals surface area contributed by atoms with Gasteiger partial charge in [-0.3, -0.25) is 0 Å². The molecule has 0 aliphatic rings. The Bertz CT molecular complexity index is 273. The van der Waals surface area contributed by atoms with Crippen LogP contribution in [0.1, 0.15) is 5.56 Å². The van der Waals surface area contributed by atoms with E-state index in [9.17, 15) is 0 Å². The molecule has 0 heterocycles. The molecule has 0 saturated carbocycles. The molecule has 0 fully saturated rings. The van der Waals surface area contributed by atoms with Crippen molar-refractivity contribution in [2.45, 2.75) is 0 Å². The molecule has 1 rings (SSSR count).